The van der Waals surface area contributed by atoms with E-state index >= 15 is 0 Å². The van der Waals surface area contributed by atoms with Gasteiger partial charge in [0.2, 0.25) is 5.91 Å². The number of carbonyl (C=O) groups is 1. The monoisotopic (exact) mass is 288 g/mol. The van der Waals surface area contributed by atoms with Crippen LogP contribution in [0.15, 0.2) is 0 Å². The molecule has 0 bridgehead atoms. The first-order chi connectivity index (χ1) is 8.09. The SMILES string of the molecule is [CH2-]N1CC2CCCCCC2CC1C(=O)N(C)C.[V+2]. The third-order valence-electron chi connectivity index (χ3n) is 4.48. The molecule has 1 heterocycles. The zero-order valence-electron chi connectivity index (χ0n) is 11.6. The summed E-state index contributed by atoms with van der Waals surface area (Å²) >= 11 is 0. The van der Waals surface area contributed by atoms with Crippen LogP contribution in [0.3, 0.4) is 0 Å². The van der Waals surface area contributed by atoms with Crippen molar-refractivity contribution in [3.8, 4) is 0 Å². The van der Waals surface area contributed by atoms with E-state index in [4.69, 9.17) is 0 Å². The van der Waals surface area contributed by atoms with E-state index < -0.39 is 0 Å². The Morgan fingerprint density at radius 2 is 1.78 bits per heavy atom. The van der Waals surface area contributed by atoms with Gasteiger partial charge in [-0.15, -0.1) is 0 Å². The van der Waals surface area contributed by atoms with E-state index in [0.717, 1.165) is 24.8 Å². The van der Waals surface area contributed by atoms with Gasteiger partial charge < -0.3 is 9.80 Å². The number of rotatable bonds is 1. The zero-order chi connectivity index (χ0) is 12.4. The van der Waals surface area contributed by atoms with Crippen molar-refractivity contribution in [2.24, 2.45) is 11.8 Å². The second-order valence-electron chi connectivity index (χ2n) is 5.91. The molecule has 1 saturated carbocycles. The molecular weight excluding hydrogens is 263 g/mol. The third-order valence-corrected chi connectivity index (χ3v) is 4.48. The molecule has 2 aliphatic rings. The summed E-state index contributed by atoms with van der Waals surface area (Å²) in [6.07, 6.45) is 7.75. The van der Waals surface area contributed by atoms with E-state index in [1.807, 2.05) is 19.0 Å². The minimum Gasteiger partial charge on any atom is -0.449 e. The number of likely N-dealkylation sites (tertiary alicyclic amines) is 1. The fourth-order valence-corrected chi connectivity index (χ4v) is 3.43. The van der Waals surface area contributed by atoms with Gasteiger partial charge in [-0.1, -0.05) is 25.7 Å². The van der Waals surface area contributed by atoms with Crippen LogP contribution in [0.25, 0.3) is 0 Å². The molecule has 2 fully saturated rings. The van der Waals surface area contributed by atoms with Crippen LogP contribution in [0, 0.1) is 18.9 Å². The van der Waals surface area contributed by atoms with E-state index in [1.165, 1.54) is 32.1 Å². The summed E-state index contributed by atoms with van der Waals surface area (Å²) in [6, 6.07) is 0.0179. The van der Waals surface area contributed by atoms with Gasteiger partial charge in [0.05, 0.1) is 6.04 Å². The molecule has 2 rings (SSSR count). The second kappa shape index (κ2) is 6.97. The maximum atomic E-state index is 12.1. The normalized spacial score (nSPS) is 32.9. The molecular formula is C14H25N2OV+. The van der Waals surface area contributed by atoms with Crippen molar-refractivity contribution < 1.29 is 23.4 Å². The molecule has 1 aliphatic heterocycles. The Bertz CT molecular complexity index is 283. The molecule has 1 amide bonds. The maximum Gasteiger partial charge on any atom is 2.00 e. The molecule has 3 atom stereocenters. The van der Waals surface area contributed by atoms with E-state index in [0.29, 0.717) is 0 Å². The summed E-state index contributed by atoms with van der Waals surface area (Å²) in [5.41, 5.74) is 0. The van der Waals surface area contributed by atoms with Crippen LogP contribution in [-0.2, 0) is 23.4 Å². The largest absolute Gasteiger partial charge is 2.00 e. The number of hydrogen-bond donors (Lipinski definition) is 0. The standard InChI is InChI=1S/C14H25N2O.V/c1-15(2)14(17)13-9-11-7-5-4-6-8-12(11)10-16(13)3;/h11-13H,3-10H2,1-2H3;/q-1;+2. The van der Waals surface area contributed by atoms with Crippen LogP contribution in [0.1, 0.15) is 38.5 Å². The molecule has 4 heteroatoms. The minimum absolute atomic E-state index is 0. The average Bonchev–Trinajstić information content (AvgIpc) is 2.51. The van der Waals surface area contributed by atoms with Crippen molar-refractivity contribution in [1.29, 1.82) is 0 Å². The van der Waals surface area contributed by atoms with Crippen LogP contribution >= 0.6 is 0 Å². The first-order valence-electron chi connectivity index (χ1n) is 6.88. The summed E-state index contributed by atoms with van der Waals surface area (Å²) in [5.74, 6) is 1.76. The van der Waals surface area contributed by atoms with Crippen molar-refractivity contribution in [1.82, 2.24) is 9.80 Å². The molecule has 3 unspecified atom stereocenters. The molecule has 0 aromatic carbocycles. The zero-order valence-corrected chi connectivity index (χ0v) is 13.0. The fourth-order valence-electron chi connectivity index (χ4n) is 3.43. The molecule has 18 heavy (non-hydrogen) atoms. The van der Waals surface area contributed by atoms with Gasteiger partial charge in [0.15, 0.2) is 0 Å². The maximum absolute atomic E-state index is 12.1. The van der Waals surface area contributed by atoms with Gasteiger partial charge in [-0.2, -0.15) is 0 Å². The second-order valence-corrected chi connectivity index (χ2v) is 5.91. The molecule has 3 nitrogen and oxygen atoms in total. The Morgan fingerprint density at radius 3 is 2.39 bits per heavy atom. The first-order valence-corrected chi connectivity index (χ1v) is 6.88. The van der Waals surface area contributed by atoms with Crippen LogP contribution in [0.5, 0.6) is 0 Å². The molecule has 0 aromatic heterocycles. The predicted octanol–water partition coefficient (Wildman–Crippen LogP) is 2.13. The third kappa shape index (κ3) is 3.52. The number of carbonyl (C=O) groups excluding carboxylic acids is 1. The molecule has 0 aromatic rings. The number of hydrogen-bond acceptors (Lipinski definition) is 2. The van der Waals surface area contributed by atoms with Gasteiger partial charge in [0.1, 0.15) is 0 Å². The van der Waals surface area contributed by atoms with Crippen molar-refractivity contribution in [2.45, 2.75) is 44.6 Å². The first kappa shape index (κ1) is 16.1. The number of nitrogens with zero attached hydrogens (tertiary/aromatic N) is 2. The summed E-state index contributed by atoms with van der Waals surface area (Å²) in [6.45, 7) is 1.01. The van der Waals surface area contributed by atoms with Gasteiger partial charge in [-0.05, 0) is 31.2 Å². The van der Waals surface area contributed by atoms with Crippen LogP contribution in [0.2, 0.25) is 0 Å². The summed E-state index contributed by atoms with van der Waals surface area (Å²) in [7, 11) is 7.78. The Balaban J connectivity index is 0.00000162. The van der Waals surface area contributed by atoms with Crippen LogP contribution in [-0.4, -0.2) is 42.4 Å². The molecule has 1 radical (unpaired) electrons. The van der Waals surface area contributed by atoms with Gasteiger partial charge in [0.25, 0.3) is 0 Å². The topological polar surface area (TPSA) is 23.6 Å². The van der Waals surface area contributed by atoms with Gasteiger partial charge >= 0.3 is 18.6 Å². The van der Waals surface area contributed by atoms with Gasteiger partial charge in [-0.3, -0.25) is 11.8 Å². The van der Waals surface area contributed by atoms with Crippen LogP contribution in [0.4, 0.5) is 0 Å². The molecule has 1 aliphatic carbocycles. The number of fused-ring (bicyclic) bond motifs is 1. The minimum atomic E-state index is 0. The fraction of sp³-hybridized carbons (Fsp3) is 0.857. The molecule has 0 spiro atoms. The smallest absolute Gasteiger partial charge is 0.449 e. The molecule has 1 saturated heterocycles. The Kier molecular flexibility index (Phi) is 6.23. The van der Waals surface area contributed by atoms with Crippen molar-refractivity contribution in [2.75, 3.05) is 20.6 Å². The number of amides is 1. The van der Waals surface area contributed by atoms with Crippen molar-refractivity contribution in [3.63, 3.8) is 0 Å². The van der Waals surface area contributed by atoms with Gasteiger partial charge in [0, 0.05) is 14.1 Å². The van der Waals surface area contributed by atoms with E-state index in [-0.39, 0.29) is 30.5 Å². The van der Waals surface area contributed by atoms with Gasteiger partial charge in [-0.25, -0.2) is 0 Å². The van der Waals surface area contributed by atoms with E-state index in [2.05, 4.69) is 7.05 Å². The average molecular weight is 288 g/mol. The predicted molar refractivity (Wildman–Crippen MR) is 69.2 cm³/mol. The van der Waals surface area contributed by atoms with E-state index in [9.17, 15) is 4.79 Å². The quantitative estimate of drug-likeness (QED) is 0.690. The van der Waals surface area contributed by atoms with Crippen LogP contribution < -0.4 is 0 Å². The summed E-state index contributed by atoms with van der Waals surface area (Å²) in [4.78, 5) is 15.9. The summed E-state index contributed by atoms with van der Waals surface area (Å²) < 4.78 is 0. The number of likely N-dealkylation sites (N-methyl/N-ethyl adjacent to an activating group) is 1. The summed E-state index contributed by atoms with van der Waals surface area (Å²) in [5, 5.41) is 0. The Labute approximate surface area is 123 Å². The molecule has 101 valence electrons. The Morgan fingerprint density at radius 1 is 1.17 bits per heavy atom. The van der Waals surface area contributed by atoms with Crippen molar-refractivity contribution in [3.05, 3.63) is 7.05 Å². The molecule has 0 N–H and O–H groups in total. The van der Waals surface area contributed by atoms with Crippen molar-refractivity contribution >= 4 is 5.91 Å². The number of piperidine rings is 1. The Hall–Kier alpha value is 0.0144. The van der Waals surface area contributed by atoms with E-state index in [1.54, 1.807) is 4.90 Å².